The number of fused-ring (bicyclic) bond motifs is 15. The second kappa shape index (κ2) is 9.00. The number of hydrogen-bond acceptors (Lipinski definition) is 2. The smallest absolute Gasteiger partial charge is 0.137 e. The van der Waals surface area contributed by atoms with Crippen LogP contribution >= 0.6 is 0 Å². The summed E-state index contributed by atoms with van der Waals surface area (Å²) in [6, 6.07) is 48.4. The first-order valence-corrected chi connectivity index (χ1v) is 16.7. The lowest BCUT2D eigenvalue weighted by Crippen LogP contribution is -2.00. The number of nitrogens with zero attached hydrogens (tertiary/aromatic N) is 5. The Balaban J connectivity index is 1.22. The topological polar surface area (TPSA) is 40.0 Å². The Morgan fingerprint density at radius 1 is 0.408 bits per heavy atom. The van der Waals surface area contributed by atoms with Crippen LogP contribution in [0, 0.1) is 0 Å². The van der Waals surface area contributed by atoms with Crippen molar-refractivity contribution in [2.75, 3.05) is 0 Å². The van der Waals surface area contributed by atoms with E-state index >= 15 is 0 Å². The van der Waals surface area contributed by atoms with Gasteiger partial charge in [-0.3, -0.25) is 9.55 Å². The second-order valence-electron chi connectivity index (χ2n) is 13.1. The van der Waals surface area contributed by atoms with Crippen LogP contribution in [0.4, 0.5) is 0 Å². The summed E-state index contributed by atoms with van der Waals surface area (Å²) in [6.45, 7) is 0. The third-order valence-electron chi connectivity index (χ3n) is 10.7. The molecule has 6 aromatic carbocycles. The standard InChI is InChI=1S/C44H25N5/c1-2-10-28-26(9-1)17-19-33-41-43-34(23-35-31-13-5-8-16-38(31)49(42(28)33)44(35)41)30-12-4-7-15-37(30)48(43)40-20-18-27(24-46-40)47-36-14-6-3-11-29(36)32-21-22-45-25-39(32)47/h1-25H. The number of pyridine rings is 2. The Morgan fingerprint density at radius 2 is 1.06 bits per heavy atom. The predicted molar refractivity (Wildman–Crippen MR) is 203 cm³/mol. The monoisotopic (exact) mass is 623 g/mol. The van der Waals surface area contributed by atoms with Crippen molar-refractivity contribution >= 4 is 92.5 Å². The summed E-state index contributed by atoms with van der Waals surface area (Å²) in [5.74, 6) is 0.890. The molecule has 0 unspecified atom stereocenters. The molecule has 0 aliphatic heterocycles. The van der Waals surface area contributed by atoms with Crippen LogP contribution < -0.4 is 0 Å². The molecule has 0 bridgehead atoms. The first kappa shape index (κ1) is 25.4. The van der Waals surface area contributed by atoms with Gasteiger partial charge < -0.3 is 8.97 Å². The molecule has 5 nitrogen and oxygen atoms in total. The molecular weight excluding hydrogens is 599 g/mol. The maximum Gasteiger partial charge on any atom is 0.137 e. The fourth-order valence-corrected chi connectivity index (χ4v) is 8.73. The third-order valence-corrected chi connectivity index (χ3v) is 10.7. The van der Waals surface area contributed by atoms with E-state index in [-0.39, 0.29) is 0 Å². The van der Waals surface area contributed by atoms with E-state index in [0.717, 1.165) is 28.1 Å². The molecule has 226 valence electrons. The minimum Gasteiger partial charge on any atom is -0.307 e. The van der Waals surface area contributed by atoms with E-state index in [0.29, 0.717) is 0 Å². The van der Waals surface area contributed by atoms with E-state index in [1.807, 2.05) is 18.6 Å². The largest absolute Gasteiger partial charge is 0.307 e. The van der Waals surface area contributed by atoms with Gasteiger partial charge >= 0.3 is 0 Å². The summed E-state index contributed by atoms with van der Waals surface area (Å²) in [4.78, 5) is 9.70. The van der Waals surface area contributed by atoms with Crippen LogP contribution in [0.15, 0.2) is 152 Å². The Labute approximate surface area is 278 Å². The van der Waals surface area contributed by atoms with Gasteiger partial charge in [-0.1, -0.05) is 91.0 Å². The second-order valence-corrected chi connectivity index (χ2v) is 13.1. The van der Waals surface area contributed by atoms with E-state index in [1.165, 1.54) is 75.9 Å². The van der Waals surface area contributed by atoms with Gasteiger partial charge in [0.15, 0.2) is 0 Å². The Morgan fingerprint density at radius 3 is 1.86 bits per heavy atom. The van der Waals surface area contributed by atoms with Gasteiger partial charge in [-0.15, -0.1) is 0 Å². The lowest BCUT2D eigenvalue weighted by molar-refractivity contribution is 1.05. The minimum atomic E-state index is 0.890. The molecule has 0 N–H and O–H groups in total. The molecule has 6 heterocycles. The van der Waals surface area contributed by atoms with Gasteiger partial charge in [0.25, 0.3) is 0 Å². The van der Waals surface area contributed by atoms with Crippen molar-refractivity contribution in [3.8, 4) is 11.5 Å². The lowest BCUT2D eigenvalue weighted by atomic mass is 10.0. The van der Waals surface area contributed by atoms with E-state index in [1.54, 1.807) is 0 Å². The highest BCUT2D eigenvalue weighted by Crippen LogP contribution is 2.47. The molecule has 12 rings (SSSR count). The van der Waals surface area contributed by atoms with Crippen LogP contribution in [0.25, 0.3) is 104 Å². The van der Waals surface area contributed by atoms with Gasteiger partial charge in [0.2, 0.25) is 0 Å². The van der Waals surface area contributed by atoms with Crippen LogP contribution in [0.5, 0.6) is 0 Å². The van der Waals surface area contributed by atoms with Crippen molar-refractivity contribution in [1.82, 2.24) is 23.5 Å². The van der Waals surface area contributed by atoms with Crippen LogP contribution in [0.2, 0.25) is 0 Å². The molecule has 0 saturated heterocycles. The maximum atomic E-state index is 5.23. The van der Waals surface area contributed by atoms with E-state index in [9.17, 15) is 0 Å². The zero-order valence-electron chi connectivity index (χ0n) is 26.2. The molecule has 0 radical (unpaired) electrons. The summed E-state index contributed by atoms with van der Waals surface area (Å²) in [5.41, 5.74) is 9.31. The van der Waals surface area contributed by atoms with Crippen LogP contribution in [0.1, 0.15) is 0 Å². The number of para-hydroxylation sites is 3. The lowest BCUT2D eigenvalue weighted by Gasteiger charge is -2.11. The van der Waals surface area contributed by atoms with Crippen molar-refractivity contribution in [3.63, 3.8) is 0 Å². The molecule has 0 aliphatic rings. The maximum absolute atomic E-state index is 5.23. The van der Waals surface area contributed by atoms with Gasteiger partial charge in [0, 0.05) is 54.7 Å². The van der Waals surface area contributed by atoms with Gasteiger partial charge in [0.1, 0.15) is 5.82 Å². The van der Waals surface area contributed by atoms with Gasteiger partial charge in [-0.05, 0) is 47.9 Å². The minimum absolute atomic E-state index is 0.890. The van der Waals surface area contributed by atoms with Crippen LogP contribution in [-0.2, 0) is 0 Å². The summed E-state index contributed by atoms with van der Waals surface area (Å²) in [5, 5.41) is 12.4. The Hall–Kier alpha value is -6.72. The molecule has 12 aromatic rings. The van der Waals surface area contributed by atoms with Crippen LogP contribution in [0.3, 0.4) is 0 Å². The molecule has 0 atom stereocenters. The zero-order valence-corrected chi connectivity index (χ0v) is 26.2. The quantitative estimate of drug-likeness (QED) is 0.192. The number of rotatable bonds is 2. The van der Waals surface area contributed by atoms with Gasteiger partial charge in [-0.25, -0.2) is 4.98 Å². The SMILES string of the molecule is c1ccc2c(c1)ccc1c3c4c(cc5c6ccccc6n(c21)c53)c1ccccc1n4-c1ccc(-n2c3ccccc3c3ccncc32)cn1. The normalized spacial score (nSPS) is 12.5. The van der Waals surface area contributed by atoms with E-state index in [4.69, 9.17) is 4.98 Å². The predicted octanol–water partition coefficient (Wildman–Crippen LogP) is 11.0. The fourth-order valence-electron chi connectivity index (χ4n) is 8.73. The van der Waals surface area contributed by atoms with E-state index in [2.05, 4.69) is 152 Å². The molecule has 6 aromatic heterocycles. The van der Waals surface area contributed by atoms with Gasteiger partial charge in [-0.2, -0.15) is 0 Å². The van der Waals surface area contributed by atoms with E-state index < -0.39 is 0 Å². The first-order chi connectivity index (χ1) is 24.3. The number of aromatic nitrogens is 5. The molecule has 0 spiro atoms. The molecule has 0 aliphatic carbocycles. The van der Waals surface area contributed by atoms with Gasteiger partial charge in [0.05, 0.1) is 56.7 Å². The summed E-state index contributed by atoms with van der Waals surface area (Å²) in [7, 11) is 0. The van der Waals surface area contributed by atoms with Crippen molar-refractivity contribution in [2.24, 2.45) is 0 Å². The summed E-state index contributed by atoms with van der Waals surface area (Å²) < 4.78 is 7.15. The Bertz CT molecular complexity index is 3270. The Kier molecular flexibility index (Phi) is 4.66. The van der Waals surface area contributed by atoms with Crippen molar-refractivity contribution in [3.05, 3.63) is 152 Å². The fraction of sp³-hybridized carbons (Fsp3) is 0. The molecular formula is C44H25N5. The number of benzene rings is 6. The zero-order chi connectivity index (χ0) is 31.8. The summed E-state index contributed by atoms with van der Waals surface area (Å²) in [6.07, 6.45) is 5.82. The molecule has 5 heteroatoms. The average molecular weight is 624 g/mol. The number of hydrogen-bond donors (Lipinski definition) is 0. The molecule has 0 fully saturated rings. The van der Waals surface area contributed by atoms with Crippen LogP contribution in [-0.4, -0.2) is 23.5 Å². The van der Waals surface area contributed by atoms with Crippen molar-refractivity contribution in [2.45, 2.75) is 0 Å². The third kappa shape index (κ3) is 3.10. The molecule has 0 amide bonds. The summed E-state index contributed by atoms with van der Waals surface area (Å²) >= 11 is 0. The average Bonchev–Trinajstić information content (AvgIpc) is 3.89. The van der Waals surface area contributed by atoms with Crippen molar-refractivity contribution in [1.29, 1.82) is 0 Å². The molecule has 0 saturated carbocycles. The highest BCUT2D eigenvalue weighted by Gasteiger charge is 2.25. The highest BCUT2D eigenvalue weighted by molar-refractivity contribution is 6.36. The highest BCUT2D eigenvalue weighted by atomic mass is 15.1. The molecule has 49 heavy (non-hydrogen) atoms. The van der Waals surface area contributed by atoms with Crippen molar-refractivity contribution < 1.29 is 0 Å². The first-order valence-electron chi connectivity index (χ1n) is 16.7.